The maximum atomic E-state index is 11.9. The fourth-order valence-electron chi connectivity index (χ4n) is 3.77. The molecule has 1 aromatic carbocycles. The van der Waals surface area contributed by atoms with Crippen LogP contribution in [0, 0.1) is 10.1 Å². The molecule has 2 aliphatic rings. The molecule has 0 amide bonds. The second-order valence-corrected chi connectivity index (χ2v) is 7.94. The van der Waals surface area contributed by atoms with E-state index in [4.69, 9.17) is 11.6 Å². The van der Waals surface area contributed by atoms with Crippen LogP contribution in [0.25, 0.3) is 0 Å². The Bertz CT molecular complexity index is 898. The van der Waals surface area contributed by atoms with E-state index in [1.807, 2.05) is 34.2 Å². The number of hydrogen-bond acceptors (Lipinski definition) is 9. The van der Waals surface area contributed by atoms with E-state index in [1.54, 1.807) is 0 Å². The molecule has 3 heterocycles. The molecular weight excluding hydrogens is 408 g/mol. The molecule has 0 unspecified atom stereocenters. The summed E-state index contributed by atoms with van der Waals surface area (Å²) in [7, 11) is 2.06. The number of hydrazine groups is 1. The van der Waals surface area contributed by atoms with Crippen LogP contribution in [0.2, 0.25) is 5.02 Å². The summed E-state index contributed by atoms with van der Waals surface area (Å²) in [6.45, 7) is 6.02. The van der Waals surface area contributed by atoms with Crippen LogP contribution in [0.4, 0.5) is 23.0 Å². The van der Waals surface area contributed by atoms with Crippen molar-refractivity contribution in [2.45, 2.75) is 0 Å². The molecule has 30 heavy (non-hydrogen) atoms. The zero-order chi connectivity index (χ0) is 21.1. The number of nitro groups is 1. The number of nitrogens with zero attached hydrogens (tertiary/aromatic N) is 7. The molecule has 2 saturated heterocycles. The number of rotatable bonds is 5. The number of hydrogen-bond donors (Lipinski definition) is 1. The Balaban J connectivity index is 1.49. The van der Waals surface area contributed by atoms with Gasteiger partial charge in [-0.15, -0.1) is 0 Å². The number of anilines is 3. The predicted octanol–water partition coefficient (Wildman–Crippen LogP) is 1.94. The summed E-state index contributed by atoms with van der Waals surface area (Å²) in [5.74, 6) is 0.601. The first-order valence-corrected chi connectivity index (χ1v) is 10.3. The summed E-state index contributed by atoms with van der Waals surface area (Å²) < 4.78 is 0. The SMILES string of the molecule is CN1CCN(Nc2ncnc(N3CCN(c4cccc(Cl)c4)CC3)c2[N+](=O)[O-])CC1. The number of likely N-dealkylation sites (N-methyl/N-ethyl adjacent to an activating group) is 1. The van der Waals surface area contributed by atoms with Crippen LogP contribution < -0.4 is 15.2 Å². The van der Waals surface area contributed by atoms with Crippen molar-refractivity contribution < 1.29 is 4.92 Å². The Morgan fingerprint density at radius 2 is 1.73 bits per heavy atom. The van der Waals surface area contributed by atoms with Gasteiger partial charge in [0.25, 0.3) is 0 Å². The lowest BCUT2D eigenvalue weighted by Gasteiger charge is -2.36. The van der Waals surface area contributed by atoms with Crippen LogP contribution in [0.15, 0.2) is 30.6 Å². The van der Waals surface area contributed by atoms with Crippen molar-refractivity contribution in [3.8, 4) is 0 Å². The molecule has 2 aromatic rings. The van der Waals surface area contributed by atoms with Gasteiger partial charge in [0, 0.05) is 63.1 Å². The first-order chi connectivity index (χ1) is 14.5. The van der Waals surface area contributed by atoms with E-state index in [2.05, 4.69) is 32.2 Å². The summed E-state index contributed by atoms with van der Waals surface area (Å²) in [6, 6.07) is 7.73. The molecule has 0 atom stereocenters. The van der Waals surface area contributed by atoms with Crippen molar-refractivity contribution in [1.82, 2.24) is 19.9 Å². The van der Waals surface area contributed by atoms with Gasteiger partial charge in [0.15, 0.2) is 0 Å². The number of piperazine rings is 2. The van der Waals surface area contributed by atoms with Crippen LogP contribution in [0.3, 0.4) is 0 Å². The Labute approximate surface area is 180 Å². The van der Waals surface area contributed by atoms with Gasteiger partial charge in [-0.05, 0) is 25.2 Å². The minimum absolute atomic E-state index is 0.0763. The van der Waals surface area contributed by atoms with Gasteiger partial charge in [-0.2, -0.15) is 0 Å². The smallest absolute Gasteiger partial charge is 0.354 e. The first kappa shape index (κ1) is 20.6. The molecule has 0 bridgehead atoms. The lowest BCUT2D eigenvalue weighted by molar-refractivity contribution is -0.383. The van der Waals surface area contributed by atoms with Gasteiger partial charge in [-0.25, -0.2) is 15.0 Å². The maximum Gasteiger partial charge on any atom is 0.354 e. The monoisotopic (exact) mass is 432 g/mol. The van der Waals surface area contributed by atoms with Gasteiger partial charge in [0.1, 0.15) is 6.33 Å². The van der Waals surface area contributed by atoms with Gasteiger partial charge >= 0.3 is 5.69 Å². The molecule has 10 nitrogen and oxygen atoms in total. The van der Waals surface area contributed by atoms with Gasteiger partial charge < -0.3 is 14.7 Å². The molecule has 2 aliphatic heterocycles. The third-order valence-corrected chi connectivity index (χ3v) is 5.74. The molecule has 2 fully saturated rings. The summed E-state index contributed by atoms with van der Waals surface area (Å²) >= 11 is 6.11. The Morgan fingerprint density at radius 1 is 1.03 bits per heavy atom. The van der Waals surface area contributed by atoms with E-state index >= 15 is 0 Å². The average Bonchev–Trinajstić information content (AvgIpc) is 2.75. The normalized spacial score (nSPS) is 18.5. The van der Waals surface area contributed by atoms with Crippen molar-refractivity contribution >= 4 is 34.6 Å². The molecule has 0 spiro atoms. The van der Waals surface area contributed by atoms with Crippen molar-refractivity contribution in [2.75, 3.05) is 74.6 Å². The van der Waals surface area contributed by atoms with E-state index in [-0.39, 0.29) is 11.5 Å². The molecule has 0 radical (unpaired) electrons. The maximum absolute atomic E-state index is 11.9. The lowest BCUT2D eigenvalue weighted by atomic mass is 10.2. The van der Waals surface area contributed by atoms with Crippen molar-refractivity contribution in [3.63, 3.8) is 0 Å². The predicted molar refractivity (Wildman–Crippen MR) is 117 cm³/mol. The van der Waals surface area contributed by atoms with Gasteiger partial charge in [-0.1, -0.05) is 17.7 Å². The zero-order valence-corrected chi connectivity index (χ0v) is 17.6. The van der Waals surface area contributed by atoms with Crippen molar-refractivity contribution in [3.05, 3.63) is 45.7 Å². The van der Waals surface area contributed by atoms with Crippen LogP contribution in [-0.4, -0.2) is 84.2 Å². The molecule has 0 saturated carbocycles. The molecular formula is C19H25ClN8O2. The van der Waals surface area contributed by atoms with Gasteiger partial charge in [0.2, 0.25) is 11.6 Å². The van der Waals surface area contributed by atoms with Crippen molar-refractivity contribution in [1.29, 1.82) is 0 Å². The first-order valence-electron chi connectivity index (χ1n) is 9.96. The fourth-order valence-corrected chi connectivity index (χ4v) is 3.95. The summed E-state index contributed by atoms with van der Waals surface area (Å²) in [5, 5.41) is 14.6. The number of benzene rings is 1. The zero-order valence-electron chi connectivity index (χ0n) is 16.9. The van der Waals surface area contributed by atoms with Crippen LogP contribution >= 0.6 is 11.6 Å². The van der Waals surface area contributed by atoms with E-state index in [1.165, 1.54) is 6.33 Å². The Hall–Kier alpha value is -2.69. The van der Waals surface area contributed by atoms with E-state index < -0.39 is 4.92 Å². The van der Waals surface area contributed by atoms with Gasteiger partial charge in [-0.3, -0.25) is 15.5 Å². The second kappa shape index (κ2) is 8.99. The Kier molecular flexibility index (Phi) is 6.16. The highest BCUT2D eigenvalue weighted by molar-refractivity contribution is 6.30. The average molecular weight is 433 g/mol. The minimum Gasteiger partial charge on any atom is -0.368 e. The standard InChI is InChI=1S/C19H25ClN8O2/c1-24-5-11-27(12-6-24)23-18-17(28(29)30)19(22-14-21-18)26-9-7-25(8-10-26)16-4-2-3-15(20)13-16/h2-4,13-14H,5-12H2,1H3,(H,21,22,23). The van der Waals surface area contributed by atoms with E-state index in [0.717, 1.165) is 45.0 Å². The van der Waals surface area contributed by atoms with Crippen molar-refractivity contribution in [2.24, 2.45) is 0 Å². The van der Waals surface area contributed by atoms with Gasteiger partial charge in [0.05, 0.1) is 4.92 Å². The highest BCUT2D eigenvalue weighted by Gasteiger charge is 2.30. The third-order valence-electron chi connectivity index (χ3n) is 5.51. The minimum atomic E-state index is -0.392. The second-order valence-electron chi connectivity index (χ2n) is 7.51. The fraction of sp³-hybridized carbons (Fsp3) is 0.474. The molecule has 1 N–H and O–H groups in total. The van der Waals surface area contributed by atoms with E-state index in [0.29, 0.717) is 23.9 Å². The number of aromatic nitrogens is 2. The summed E-state index contributed by atoms with van der Waals surface area (Å²) in [4.78, 5) is 26.4. The Morgan fingerprint density at radius 3 is 2.40 bits per heavy atom. The van der Waals surface area contributed by atoms with Crippen LogP contribution in [0.1, 0.15) is 0 Å². The highest BCUT2D eigenvalue weighted by atomic mass is 35.5. The third kappa shape index (κ3) is 4.55. The van der Waals surface area contributed by atoms with Crippen LogP contribution in [0.5, 0.6) is 0 Å². The molecule has 4 rings (SSSR count). The highest BCUT2D eigenvalue weighted by Crippen LogP contribution is 2.33. The molecule has 160 valence electrons. The lowest BCUT2D eigenvalue weighted by Crippen LogP contribution is -2.48. The summed E-state index contributed by atoms with van der Waals surface area (Å²) in [6.07, 6.45) is 1.39. The molecule has 1 aromatic heterocycles. The largest absolute Gasteiger partial charge is 0.368 e. The molecule has 0 aliphatic carbocycles. The number of halogens is 1. The summed E-state index contributed by atoms with van der Waals surface area (Å²) in [5.41, 5.74) is 4.11. The topological polar surface area (TPSA) is 93.9 Å². The van der Waals surface area contributed by atoms with Crippen LogP contribution in [-0.2, 0) is 0 Å². The quantitative estimate of drug-likeness (QED) is 0.561. The van der Waals surface area contributed by atoms with E-state index in [9.17, 15) is 10.1 Å². The molecule has 11 heteroatoms. The number of nitrogens with one attached hydrogen (secondary N) is 1.